The van der Waals surface area contributed by atoms with E-state index in [1.807, 2.05) is 31.2 Å². The zero-order valence-electron chi connectivity index (χ0n) is 13.7. The van der Waals surface area contributed by atoms with E-state index in [-0.39, 0.29) is 0 Å². The molecule has 2 atom stereocenters. The number of imide groups is 1. The first-order chi connectivity index (χ1) is 12.0. The molecule has 0 spiro atoms. The van der Waals surface area contributed by atoms with E-state index in [1.165, 1.54) is 0 Å². The number of rotatable bonds is 5. The maximum Gasteiger partial charge on any atom is 0.321 e. The second kappa shape index (κ2) is 8.92. The number of halogens is 1. The lowest BCUT2D eigenvalue weighted by Gasteiger charge is -2.19. The Hall–Kier alpha value is -1.98. The zero-order chi connectivity index (χ0) is 18.4. The van der Waals surface area contributed by atoms with Crippen molar-refractivity contribution in [3.8, 4) is 6.07 Å². The Morgan fingerprint density at radius 1 is 1.44 bits per heavy atom. The van der Waals surface area contributed by atoms with Crippen LogP contribution in [0.2, 0.25) is 0 Å². The zero-order valence-corrected chi connectivity index (χ0v) is 16.1. The molecule has 1 aromatic rings. The number of unbranched alkanes of at least 4 members (excludes halogenated alkanes) is 1. The van der Waals surface area contributed by atoms with Crippen molar-refractivity contribution in [2.75, 3.05) is 6.54 Å². The molecular weight excluding hydrogens is 404 g/mol. The van der Waals surface area contributed by atoms with Crippen molar-refractivity contribution in [2.45, 2.75) is 30.9 Å². The highest BCUT2D eigenvalue weighted by atomic mass is 79.9. The van der Waals surface area contributed by atoms with Crippen LogP contribution in [0.4, 0.5) is 4.79 Å². The highest BCUT2D eigenvalue weighted by Gasteiger charge is 2.41. The Morgan fingerprint density at radius 2 is 2.20 bits per heavy atom. The summed E-state index contributed by atoms with van der Waals surface area (Å²) in [6.07, 6.45) is 1.79. The molecule has 1 aromatic carbocycles. The summed E-state index contributed by atoms with van der Waals surface area (Å²) in [5.74, 6) is -0.951. The molecule has 0 bridgehead atoms. The number of benzene rings is 1. The number of carbonyl (C=O) groups excluding carboxylic acids is 2. The molecule has 6 nitrogen and oxygen atoms in total. The summed E-state index contributed by atoms with van der Waals surface area (Å²) in [6, 6.07) is 8.95. The molecule has 2 rings (SSSR count). The van der Waals surface area contributed by atoms with E-state index in [9.17, 15) is 14.9 Å². The van der Waals surface area contributed by atoms with Gasteiger partial charge < -0.3 is 11.1 Å². The summed E-state index contributed by atoms with van der Waals surface area (Å²) in [6.45, 7) is 2.52. The summed E-state index contributed by atoms with van der Waals surface area (Å²) in [7, 11) is 0. The van der Waals surface area contributed by atoms with Gasteiger partial charge in [0.25, 0.3) is 0 Å². The Balaban J connectivity index is 2.17. The lowest BCUT2D eigenvalue weighted by Crippen LogP contribution is -2.44. The van der Waals surface area contributed by atoms with Crippen LogP contribution in [0, 0.1) is 11.3 Å². The van der Waals surface area contributed by atoms with Crippen LogP contribution in [0.15, 0.2) is 39.3 Å². The minimum Gasteiger partial charge on any atom is -0.393 e. The molecule has 2 unspecified atom stereocenters. The molecule has 132 valence electrons. The molecule has 0 aromatic heterocycles. The molecule has 4 N–H and O–H groups in total. The molecule has 1 aliphatic rings. The van der Waals surface area contributed by atoms with Gasteiger partial charge >= 0.3 is 6.03 Å². The first-order valence-corrected chi connectivity index (χ1v) is 9.55. The van der Waals surface area contributed by atoms with E-state index in [4.69, 9.17) is 5.73 Å². The van der Waals surface area contributed by atoms with Crippen LogP contribution in [0.3, 0.4) is 0 Å². The van der Waals surface area contributed by atoms with Crippen molar-refractivity contribution in [1.82, 2.24) is 10.6 Å². The van der Waals surface area contributed by atoms with Crippen LogP contribution in [-0.4, -0.2) is 23.7 Å². The van der Waals surface area contributed by atoms with Gasteiger partial charge in [0.1, 0.15) is 5.25 Å². The molecule has 1 aliphatic heterocycles. The van der Waals surface area contributed by atoms with E-state index in [2.05, 4.69) is 32.6 Å². The SMILES string of the molecule is CCCCNC(=O)NC(=O)C1SC(N)=C(C#N)C1c1cccc(Br)c1. The number of carbonyl (C=O) groups is 2. The number of hydrogen-bond acceptors (Lipinski definition) is 5. The van der Waals surface area contributed by atoms with Crippen LogP contribution in [0.25, 0.3) is 0 Å². The predicted octanol–water partition coefficient (Wildman–Crippen LogP) is 2.97. The predicted molar refractivity (Wildman–Crippen MR) is 102 cm³/mol. The van der Waals surface area contributed by atoms with Gasteiger partial charge in [0, 0.05) is 16.9 Å². The summed E-state index contributed by atoms with van der Waals surface area (Å²) in [5, 5.41) is 14.1. The molecule has 0 aliphatic carbocycles. The molecule has 0 radical (unpaired) electrons. The average molecular weight is 423 g/mol. The summed E-state index contributed by atoms with van der Waals surface area (Å²) >= 11 is 4.51. The van der Waals surface area contributed by atoms with Gasteiger partial charge in [0.2, 0.25) is 5.91 Å². The first kappa shape index (κ1) is 19.3. The van der Waals surface area contributed by atoms with Gasteiger partial charge in [-0.15, -0.1) is 0 Å². The van der Waals surface area contributed by atoms with Gasteiger partial charge in [0.15, 0.2) is 0 Å². The van der Waals surface area contributed by atoms with E-state index in [1.54, 1.807) is 0 Å². The Morgan fingerprint density at radius 3 is 2.84 bits per heavy atom. The lowest BCUT2D eigenvalue weighted by molar-refractivity contribution is -0.119. The fourth-order valence-electron chi connectivity index (χ4n) is 2.55. The van der Waals surface area contributed by atoms with Crippen molar-refractivity contribution < 1.29 is 9.59 Å². The third-order valence-electron chi connectivity index (χ3n) is 3.77. The van der Waals surface area contributed by atoms with Crippen molar-refractivity contribution in [1.29, 1.82) is 5.26 Å². The van der Waals surface area contributed by atoms with Gasteiger partial charge in [-0.05, 0) is 24.1 Å². The number of nitrogens with two attached hydrogens (primary N) is 1. The molecule has 0 saturated heterocycles. The topological polar surface area (TPSA) is 108 Å². The van der Waals surface area contributed by atoms with Gasteiger partial charge in [0.05, 0.1) is 16.7 Å². The number of nitrogens with zero attached hydrogens (tertiary/aromatic N) is 1. The second-order valence-corrected chi connectivity index (χ2v) is 7.66. The van der Waals surface area contributed by atoms with Crippen molar-refractivity contribution in [3.05, 3.63) is 44.9 Å². The largest absolute Gasteiger partial charge is 0.393 e. The van der Waals surface area contributed by atoms with Crippen molar-refractivity contribution in [3.63, 3.8) is 0 Å². The second-order valence-electron chi connectivity index (χ2n) is 5.56. The smallest absolute Gasteiger partial charge is 0.321 e. The Labute approximate surface area is 159 Å². The molecular formula is C17H19BrN4O2S. The molecule has 3 amide bonds. The monoisotopic (exact) mass is 422 g/mol. The maximum absolute atomic E-state index is 12.6. The highest BCUT2D eigenvalue weighted by Crippen LogP contribution is 2.45. The molecule has 8 heteroatoms. The number of urea groups is 1. The number of nitrogens with one attached hydrogen (secondary N) is 2. The van der Waals surface area contributed by atoms with Crippen LogP contribution < -0.4 is 16.4 Å². The minimum absolute atomic E-state index is 0.319. The summed E-state index contributed by atoms with van der Waals surface area (Å²) in [5.41, 5.74) is 7.09. The van der Waals surface area contributed by atoms with Gasteiger partial charge in [-0.1, -0.05) is 53.2 Å². The van der Waals surface area contributed by atoms with Gasteiger partial charge in [-0.2, -0.15) is 5.26 Å². The molecule has 1 heterocycles. The number of hydrogen-bond donors (Lipinski definition) is 3. The number of allylic oxidation sites excluding steroid dienone is 1. The normalized spacial score (nSPS) is 19.4. The van der Waals surface area contributed by atoms with Crippen molar-refractivity contribution in [2.24, 2.45) is 5.73 Å². The molecule has 25 heavy (non-hydrogen) atoms. The van der Waals surface area contributed by atoms with Crippen LogP contribution in [-0.2, 0) is 4.79 Å². The van der Waals surface area contributed by atoms with Crippen molar-refractivity contribution >= 4 is 39.6 Å². The third-order valence-corrected chi connectivity index (χ3v) is 5.48. The fourth-order valence-corrected chi connectivity index (χ4v) is 4.14. The van der Waals surface area contributed by atoms with E-state index < -0.39 is 23.1 Å². The van der Waals surface area contributed by atoms with E-state index in [0.29, 0.717) is 17.1 Å². The molecule has 0 saturated carbocycles. The first-order valence-electron chi connectivity index (χ1n) is 7.88. The van der Waals surface area contributed by atoms with Crippen LogP contribution in [0.5, 0.6) is 0 Å². The Bertz CT molecular complexity index is 744. The van der Waals surface area contributed by atoms with Gasteiger partial charge in [-0.3, -0.25) is 10.1 Å². The van der Waals surface area contributed by atoms with Gasteiger partial charge in [-0.25, -0.2) is 4.79 Å². The number of thioether (sulfide) groups is 1. The maximum atomic E-state index is 12.6. The summed E-state index contributed by atoms with van der Waals surface area (Å²) in [4.78, 5) is 24.4. The minimum atomic E-state index is -0.666. The molecule has 0 fully saturated rings. The number of nitriles is 1. The van der Waals surface area contributed by atoms with E-state index in [0.717, 1.165) is 34.6 Å². The lowest BCUT2D eigenvalue weighted by atomic mass is 9.89. The third kappa shape index (κ3) is 4.77. The quantitative estimate of drug-likeness (QED) is 0.631. The van der Waals surface area contributed by atoms with E-state index >= 15 is 0 Å². The number of amides is 3. The standard InChI is InChI=1S/C17H19BrN4O2S/c1-2-3-7-21-17(24)22-16(23)14-13(12(9-19)15(20)25-14)10-5-4-6-11(18)8-10/h4-6,8,13-14H,2-3,7,20H2,1H3,(H2,21,22,23,24). The fraction of sp³-hybridized carbons (Fsp3) is 0.353. The highest BCUT2D eigenvalue weighted by molar-refractivity contribution is 9.10. The Kier molecular flexibility index (Phi) is 6.91. The van der Waals surface area contributed by atoms with Crippen LogP contribution >= 0.6 is 27.7 Å². The summed E-state index contributed by atoms with van der Waals surface area (Å²) < 4.78 is 0.842. The average Bonchev–Trinajstić information content (AvgIpc) is 2.91. The van der Waals surface area contributed by atoms with Crippen LogP contribution in [0.1, 0.15) is 31.2 Å².